The Hall–Kier alpha value is -1.32. The number of aromatic amines is 1. The quantitative estimate of drug-likeness (QED) is 0.622. The van der Waals surface area contributed by atoms with Crippen LogP contribution in [-0.2, 0) is 0 Å². The molecule has 11 heavy (non-hydrogen) atoms. The second kappa shape index (κ2) is 2.74. The van der Waals surface area contributed by atoms with Crippen molar-refractivity contribution in [3.63, 3.8) is 0 Å². The van der Waals surface area contributed by atoms with Crippen LogP contribution >= 0.6 is 0 Å². The first-order valence-electron chi connectivity index (χ1n) is 3.39. The van der Waals surface area contributed by atoms with Crippen LogP contribution in [0.4, 0.5) is 0 Å². The Morgan fingerprint density at radius 3 is 2.64 bits per heavy atom. The van der Waals surface area contributed by atoms with Crippen LogP contribution in [0, 0.1) is 0 Å². The molecule has 4 heteroatoms. The molecule has 0 aromatic carbocycles. The lowest BCUT2D eigenvalue weighted by atomic mass is 10.1. The highest BCUT2D eigenvalue weighted by Crippen LogP contribution is 2.16. The zero-order chi connectivity index (χ0) is 8.43. The average molecular weight is 154 g/mol. The number of nitrogens with one attached hydrogen (secondary N) is 1. The Labute approximate surface area is 63.9 Å². The molecule has 60 valence electrons. The molecule has 0 aliphatic rings. The van der Waals surface area contributed by atoms with Gasteiger partial charge >= 0.3 is 0 Å². The first-order valence-corrected chi connectivity index (χ1v) is 3.39. The number of rotatable bonds is 1. The van der Waals surface area contributed by atoms with Gasteiger partial charge in [0.1, 0.15) is 0 Å². The summed E-state index contributed by atoms with van der Waals surface area (Å²) >= 11 is 0. The molecule has 0 unspecified atom stereocenters. The van der Waals surface area contributed by atoms with E-state index in [9.17, 15) is 4.79 Å². The SMILES string of the molecule is CC(C)c1c(O)nc[nH]c1=O. The molecule has 0 amide bonds. The van der Waals surface area contributed by atoms with Gasteiger partial charge in [-0.2, -0.15) is 0 Å². The second-order valence-corrected chi connectivity index (χ2v) is 2.62. The number of aromatic nitrogens is 2. The fraction of sp³-hybridized carbons (Fsp3) is 0.429. The van der Waals surface area contributed by atoms with Crippen molar-refractivity contribution in [3.8, 4) is 5.88 Å². The second-order valence-electron chi connectivity index (χ2n) is 2.62. The molecule has 0 aliphatic heterocycles. The van der Waals surface area contributed by atoms with Crippen molar-refractivity contribution in [3.05, 3.63) is 22.2 Å². The van der Waals surface area contributed by atoms with Crippen LogP contribution in [-0.4, -0.2) is 15.1 Å². The van der Waals surface area contributed by atoms with Crippen LogP contribution in [0.15, 0.2) is 11.1 Å². The highest BCUT2D eigenvalue weighted by atomic mass is 16.3. The Bertz CT molecular complexity index is 304. The van der Waals surface area contributed by atoms with Gasteiger partial charge in [-0.25, -0.2) is 4.98 Å². The molecular weight excluding hydrogens is 144 g/mol. The average Bonchev–Trinajstić information content (AvgIpc) is 1.85. The molecule has 1 rings (SSSR count). The summed E-state index contributed by atoms with van der Waals surface area (Å²) in [4.78, 5) is 17.0. The van der Waals surface area contributed by atoms with E-state index in [0.717, 1.165) is 0 Å². The number of H-pyrrole nitrogens is 1. The molecule has 0 aliphatic carbocycles. The molecule has 1 heterocycles. The lowest BCUT2D eigenvalue weighted by Gasteiger charge is -2.03. The van der Waals surface area contributed by atoms with Crippen LogP contribution in [0.2, 0.25) is 0 Å². The van der Waals surface area contributed by atoms with Crippen molar-refractivity contribution >= 4 is 0 Å². The number of hydrogen-bond donors (Lipinski definition) is 2. The molecule has 0 saturated heterocycles. The van der Waals surface area contributed by atoms with Gasteiger partial charge in [0.2, 0.25) is 5.88 Å². The minimum Gasteiger partial charge on any atom is -0.493 e. The third-order valence-electron chi connectivity index (χ3n) is 1.45. The van der Waals surface area contributed by atoms with Crippen LogP contribution in [0.3, 0.4) is 0 Å². The van der Waals surface area contributed by atoms with Gasteiger partial charge in [-0.15, -0.1) is 0 Å². The lowest BCUT2D eigenvalue weighted by molar-refractivity contribution is 0.439. The fourth-order valence-electron chi connectivity index (χ4n) is 0.921. The van der Waals surface area contributed by atoms with Crippen molar-refractivity contribution < 1.29 is 5.11 Å². The first kappa shape index (κ1) is 7.78. The Balaban J connectivity index is 3.33. The summed E-state index contributed by atoms with van der Waals surface area (Å²) in [5, 5.41) is 9.13. The molecule has 0 bridgehead atoms. The third-order valence-corrected chi connectivity index (χ3v) is 1.45. The van der Waals surface area contributed by atoms with Gasteiger partial charge in [-0.05, 0) is 5.92 Å². The molecule has 0 fully saturated rings. The molecule has 1 aromatic rings. The maximum atomic E-state index is 11.0. The van der Waals surface area contributed by atoms with E-state index in [2.05, 4.69) is 9.97 Å². The normalized spacial score (nSPS) is 10.5. The molecule has 4 nitrogen and oxygen atoms in total. The molecule has 0 radical (unpaired) electrons. The minimum absolute atomic E-state index is 0.00699. The van der Waals surface area contributed by atoms with Crippen molar-refractivity contribution in [2.24, 2.45) is 0 Å². The Morgan fingerprint density at radius 1 is 1.64 bits per heavy atom. The van der Waals surface area contributed by atoms with E-state index in [1.165, 1.54) is 6.33 Å². The summed E-state index contributed by atoms with van der Waals surface area (Å²) < 4.78 is 0. The molecule has 0 atom stereocenters. The molecule has 1 aromatic heterocycles. The van der Waals surface area contributed by atoms with E-state index in [4.69, 9.17) is 5.11 Å². The largest absolute Gasteiger partial charge is 0.493 e. The molecule has 2 N–H and O–H groups in total. The fourth-order valence-corrected chi connectivity index (χ4v) is 0.921. The van der Waals surface area contributed by atoms with Gasteiger partial charge in [0, 0.05) is 0 Å². The van der Waals surface area contributed by atoms with E-state index >= 15 is 0 Å². The maximum Gasteiger partial charge on any atom is 0.257 e. The van der Waals surface area contributed by atoms with Crippen molar-refractivity contribution in [2.45, 2.75) is 19.8 Å². The van der Waals surface area contributed by atoms with Gasteiger partial charge in [0.25, 0.3) is 5.56 Å². The number of aromatic hydroxyl groups is 1. The zero-order valence-corrected chi connectivity index (χ0v) is 6.46. The maximum absolute atomic E-state index is 11.0. The van der Waals surface area contributed by atoms with Crippen molar-refractivity contribution in [2.75, 3.05) is 0 Å². The van der Waals surface area contributed by atoms with Gasteiger partial charge < -0.3 is 10.1 Å². The molecular formula is C7H10N2O2. The topological polar surface area (TPSA) is 66.0 Å². The zero-order valence-electron chi connectivity index (χ0n) is 6.46. The Kier molecular flexibility index (Phi) is 1.94. The summed E-state index contributed by atoms with van der Waals surface area (Å²) in [5.74, 6) is -0.184. The predicted molar refractivity (Wildman–Crippen MR) is 40.6 cm³/mol. The monoisotopic (exact) mass is 154 g/mol. The van der Waals surface area contributed by atoms with Crippen molar-refractivity contribution in [1.82, 2.24) is 9.97 Å². The Morgan fingerprint density at radius 2 is 2.27 bits per heavy atom. The first-order chi connectivity index (χ1) is 5.13. The van der Waals surface area contributed by atoms with E-state index in [1.807, 2.05) is 13.8 Å². The van der Waals surface area contributed by atoms with Crippen LogP contribution in [0.1, 0.15) is 25.3 Å². The van der Waals surface area contributed by atoms with Crippen molar-refractivity contribution in [1.29, 1.82) is 0 Å². The van der Waals surface area contributed by atoms with E-state index in [-0.39, 0.29) is 17.4 Å². The van der Waals surface area contributed by atoms with Crippen LogP contribution in [0.5, 0.6) is 5.88 Å². The lowest BCUT2D eigenvalue weighted by Crippen LogP contribution is -2.13. The summed E-state index contributed by atoms with van der Waals surface area (Å²) in [6.07, 6.45) is 1.18. The minimum atomic E-state index is -0.271. The van der Waals surface area contributed by atoms with Gasteiger partial charge in [-0.3, -0.25) is 4.79 Å². The standard InChI is InChI=1S/C7H10N2O2/c1-4(2)5-6(10)8-3-9-7(5)11/h3-4H,1-2H3,(H2,8,9,10,11). The summed E-state index contributed by atoms with van der Waals surface area (Å²) in [5.41, 5.74) is 0.0694. The van der Waals surface area contributed by atoms with Crippen LogP contribution in [0.25, 0.3) is 0 Å². The predicted octanol–water partition coefficient (Wildman–Crippen LogP) is 0.599. The molecule has 0 spiro atoms. The summed E-state index contributed by atoms with van der Waals surface area (Å²) in [6, 6.07) is 0. The number of nitrogens with zero attached hydrogens (tertiary/aromatic N) is 1. The summed E-state index contributed by atoms with van der Waals surface area (Å²) in [7, 11) is 0. The van der Waals surface area contributed by atoms with E-state index in [0.29, 0.717) is 5.56 Å². The highest BCUT2D eigenvalue weighted by molar-refractivity contribution is 5.23. The number of hydrogen-bond acceptors (Lipinski definition) is 3. The van der Waals surface area contributed by atoms with Gasteiger partial charge in [0.05, 0.1) is 11.9 Å². The smallest absolute Gasteiger partial charge is 0.257 e. The van der Waals surface area contributed by atoms with Gasteiger partial charge in [0.15, 0.2) is 0 Å². The van der Waals surface area contributed by atoms with Gasteiger partial charge in [-0.1, -0.05) is 13.8 Å². The van der Waals surface area contributed by atoms with E-state index in [1.54, 1.807) is 0 Å². The molecule has 0 saturated carbocycles. The highest BCUT2D eigenvalue weighted by Gasteiger charge is 2.10. The van der Waals surface area contributed by atoms with Crippen LogP contribution < -0.4 is 5.56 Å². The van der Waals surface area contributed by atoms with E-state index < -0.39 is 0 Å². The third kappa shape index (κ3) is 1.39. The summed E-state index contributed by atoms with van der Waals surface area (Å²) in [6.45, 7) is 3.65.